The fraction of sp³-hybridized carbons (Fsp3) is 0.580. The summed E-state index contributed by atoms with van der Waals surface area (Å²) in [6, 6.07) is 10.8. The molecule has 17 nitrogen and oxygen atoms in total. The van der Waals surface area contributed by atoms with Crippen LogP contribution in [0, 0.1) is 34.4 Å². The van der Waals surface area contributed by atoms with E-state index in [-0.39, 0.29) is 71.9 Å². The number of hydrogen-bond acceptors (Lipinski definition) is 13. The van der Waals surface area contributed by atoms with E-state index >= 15 is 8.78 Å². The minimum Gasteiger partial charge on any atom is -0.468 e. The van der Waals surface area contributed by atoms with Gasteiger partial charge in [-0.15, -0.1) is 5.54 Å². The lowest BCUT2D eigenvalue weighted by Crippen LogP contribution is -2.57. The number of rotatable bonds is 18. The van der Waals surface area contributed by atoms with Crippen molar-refractivity contribution in [2.75, 3.05) is 95.7 Å². The highest BCUT2D eigenvalue weighted by Crippen LogP contribution is 2.44. The van der Waals surface area contributed by atoms with Crippen LogP contribution in [0.5, 0.6) is 5.75 Å². The van der Waals surface area contributed by atoms with Gasteiger partial charge >= 0.3 is 12.1 Å². The van der Waals surface area contributed by atoms with E-state index in [1.807, 2.05) is 30.6 Å². The lowest BCUT2D eigenvalue weighted by molar-refractivity contribution is -0.120. The van der Waals surface area contributed by atoms with Gasteiger partial charge in [0.15, 0.2) is 12.6 Å². The quantitative estimate of drug-likeness (QED) is 0.0501. The van der Waals surface area contributed by atoms with E-state index in [0.29, 0.717) is 111 Å². The van der Waals surface area contributed by atoms with Gasteiger partial charge in [-0.25, -0.2) is 28.3 Å². The maximum Gasteiger partial charge on any atom is 0.410 e. The van der Waals surface area contributed by atoms with Crippen molar-refractivity contribution in [1.29, 1.82) is 0 Å². The number of anilines is 2. The number of aromatic nitrogens is 3. The van der Waals surface area contributed by atoms with Crippen molar-refractivity contribution < 1.29 is 42.2 Å². The lowest BCUT2D eigenvalue weighted by atomic mass is 9.88. The van der Waals surface area contributed by atoms with Crippen LogP contribution < -0.4 is 19.9 Å². The summed E-state index contributed by atoms with van der Waals surface area (Å²) in [5.74, 6) is 3.78. The van der Waals surface area contributed by atoms with Crippen LogP contribution >= 0.6 is 11.6 Å². The number of piperazine rings is 2. The van der Waals surface area contributed by atoms with Gasteiger partial charge in [0, 0.05) is 108 Å². The molecular formula is C69H91ClF2N10O7Si. The summed E-state index contributed by atoms with van der Waals surface area (Å²) in [7, 11) is -0.824. The number of likely N-dealkylation sites (tertiary alicyclic amines) is 1. The van der Waals surface area contributed by atoms with E-state index in [2.05, 4.69) is 86.9 Å². The second-order valence-corrected chi connectivity index (χ2v) is 34.3. The van der Waals surface area contributed by atoms with Gasteiger partial charge < -0.3 is 33.8 Å². The van der Waals surface area contributed by atoms with E-state index in [1.165, 1.54) is 18.1 Å². The summed E-state index contributed by atoms with van der Waals surface area (Å²) in [5, 5.41) is 4.17. The lowest BCUT2D eigenvalue weighted by Gasteiger charge is -2.42. The summed E-state index contributed by atoms with van der Waals surface area (Å²) in [5.41, 5.74) is 5.12. The molecule has 0 saturated carbocycles. The molecule has 1 N–H and O–H groups in total. The summed E-state index contributed by atoms with van der Waals surface area (Å²) in [6.45, 7) is 31.2. The summed E-state index contributed by atoms with van der Waals surface area (Å²) in [4.78, 5) is 79.5. The molecule has 7 heterocycles. The first kappa shape index (κ1) is 66.4. The number of fused-ring (bicyclic) bond motifs is 4. The number of urea groups is 1. The number of piperidine rings is 1. The number of carbonyl (C=O) groups excluding carboxylic acids is 4. The van der Waals surface area contributed by atoms with E-state index < -0.39 is 31.3 Å². The largest absolute Gasteiger partial charge is 0.468 e. The molecule has 21 heteroatoms. The van der Waals surface area contributed by atoms with Gasteiger partial charge in [-0.3, -0.25) is 29.7 Å². The molecule has 5 fully saturated rings. The van der Waals surface area contributed by atoms with E-state index in [4.69, 9.17) is 40.8 Å². The SMILES string of the molecule is COCOc1cc(-c2ncc3c(N4CC5CCC(C4)N5C(=O)OC(C)(C)C)nc(CC(C)(C)CN4CCN(CCCC5CCN(C(=O)c6ccc(Cl)c(N7CCC(=O)NC7=O)c6)CC5)CC4)nc3c2F)c2c(C#C[Si](C(C)C)(C(C)C)C(C)C)c(F)ccc2c1. The number of nitrogens with zero attached hydrogens (tertiary/aromatic N) is 9. The topological polar surface area (TPSA) is 166 Å². The fourth-order valence-electron chi connectivity index (χ4n) is 14.9. The third-order valence-corrected chi connectivity index (χ3v) is 25.9. The average Bonchev–Trinajstić information content (AvgIpc) is 0.904. The standard InChI is InChI=1S/C69H91ClF2N10O7Si/c1-43(2)90(44(3)4,45(5)6)33-24-52-56(71)20-16-47-34-51(88-42-87-12)36-53(60(47)52)62-61(72)63-54(38-73-62)64(80-39-49-17-18-50(40-80)82(49)67(86)89-68(7,8)9)75-58(74-63)37-69(10,11)41-78-31-29-77(30-32-78)25-13-14-46-21-26-79(27-22-46)65(84)48-15-19-55(70)57(35-48)81-28-23-59(83)76-66(81)85/h15-16,19-20,34-36,38,43-46,49-50H,13-14,17-18,21-23,25-32,37,39-42H2,1-12H3,(H,76,83,85). The van der Waals surface area contributed by atoms with Crippen molar-refractivity contribution in [3.05, 3.63) is 82.3 Å². The Bertz CT molecular complexity index is 3540. The zero-order chi connectivity index (χ0) is 64.6. The fourth-order valence-corrected chi connectivity index (χ4v) is 20.4. The highest BCUT2D eigenvalue weighted by molar-refractivity contribution is 6.90. The van der Waals surface area contributed by atoms with Gasteiger partial charge in [-0.05, 0) is 136 Å². The van der Waals surface area contributed by atoms with Crippen LogP contribution in [0.3, 0.4) is 0 Å². The molecule has 90 heavy (non-hydrogen) atoms. The van der Waals surface area contributed by atoms with Gasteiger partial charge in [0.1, 0.15) is 48.1 Å². The molecule has 0 spiro atoms. The highest BCUT2D eigenvalue weighted by Gasteiger charge is 2.46. The molecule has 5 aromatic rings. The van der Waals surface area contributed by atoms with Crippen LogP contribution in [-0.4, -0.2) is 170 Å². The van der Waals surface area contributed by atoms with Crippen LogP contribution in [0.2, 0.25) is 21.6 Å². The number of nitrogens with one attached hydrogen (secondary N) is 1. The molecule has 2 bridgehead atoms. The van der Waals surface area contributed by atoms with Crippen LogP contribution in [0.25, 0.3) is 32.9 Å². The van der Waals surface area contributed by atoms with Crippen molar-refractivity contribution in [2.45, 2.75) is 162 Å². The number of benzene rings is 3. The Morgan fingerprint density at radius 3 is 2.17 bits per heavy atom. The molecule has 3 aromatic carbocycles. The predicted octanol–water partition coefficient (Wildman–Crippen LogP) is 12.9. The van der Waals surface area contributed by atoms with Crippen LogP contribution in [0.4, 0.5) is 29.9 Å². The van der Waals surface area contributed by atoms with Crippen molar-refractivity contribution in [3.8, 4) is 28.5 Å². The van der Waals surface area contributed by atoms with Crippen molar-refractivity contribution >= 4 is 76.8 Å². The molecule has 0 aliphatic carbocycles. The maximum atomic E-state index is 18.4. The first-order valence-corrected chi connectivity index (χ1v) is 35.0. The molecule has 5 saturated heterocycles. The molecule has 5 amide bonds. The number of pyridine rings is 1. The van der Waals surface area contributed by atoms with Gasteiger partial charge in [-0.1, -0.05) is 79.0 Å². The molecule has 2 atom stereocenters. The normalized spacial score (nSPS) is 19.2. The predicted molar refractivity (Wildman–Crippen MR) is 353 cm³/mol. The van der Waals surface area contributed by atoms with E-state index in [0.717, 1.165) is 77.8 Å². The highest BCUT2D eigenvalue weighted by atomic mass is 35.5. The van der Waals surface area contributed by atoms with Crippen LogP contribution in [0.15, 0.2) is 48.7 Å². The Hall–Kier alpha value is -6.50. The number of methoxy groups -OCH3 is 1. The number of hydrogen-bond donors (Lipinski definition) is 1. The molecule has 5 aliphatic rings. The van der Waals surface area contributed by atoms with Gasteiger partial charge in [0.25, 0.3) is 5.91 Å². The van der Waals surface area contributed by atoms with Gasteiger partial charge in [0.05, 0.1) is 33.7 Å². The Morgan fingerprint density at radius 1 is 0.844 bits per heavy atom. The zero-order valence-corrected chi connectivity index (χ0v) is 56.5. The summed E-state index contributed by atoms with van der Waals surface area (Å²) in [6.07, 6.45) is 7.54. The van der Waals surface area contributed by atoms with Gasteiger partial charge in [0.2, 0.25) is 5.91 Å². The average molecular weight is 1270 g/mol. The smallest absolute Gasteiger partial charge is 0.410 e. The van der Waals surface area contributed by atoms with E-state index in [1.54, 1.807) is 42.6 Å². The van der Waals surface area contributed by atoms with Gasteiger partial charge in [-0.2, -0.15) is 0 Å². The van der Waals surface area contributed by atoms with Crippen LogP contribution in [0.1, 0.15) is 143 Å². The minimum absolute atomic E-state index is 0.0119. The Balaban J connectivity index is 0.862. The maximum absolute atomic E-state index is 18.4. The first-order valence-electron chi connectivity index (χ1n) is 32.4. The monoisotopic (exact) mass is 1270 g/mol. The number of ether oxygens (including phenoxy) is 3. The molecule has 2 aromatic heterocycles. The zero-order valence-electron chi connectivity index (χ0n) is 54.7. The Kier molecular flexibility index (Phi) is 20.2. The number of imide groups is 1. The molecule has 2 unspecified atom stereocenters. The Morgan fingerprint density at radius 2 is 1.52 bits per heavy atom. The molecule has 5 aliphatic heterocycles. The minimum atomic E-state index is -2.35. The van der Waals surface area contributed by atoms with Crippen molar-refractivity contribution in [2.24, 2.45) is 11.3 Å². The molecule has 0 radical (unpaired) electrons. The molecule has 10 rings (SSSR count). The molecule has 484 valence electrons. The third-order valence-electron chi connectivity index (χ3n) is 19.3. The third kappa shape index (κ3) is 14.4. The second kappa shape index (κ2) is 27.4. The summed E-state index contributed by atoms with van der Waals surface area (Å²) >= 11 is 6.47. The van der Waals surface area contributed by atoms with Crippen LogP contribution in [-0.2, 0) is 20.7 Å². The Labute approximate surface area is 535 Å². The number of amides is 5. The molecular weight excluding hydrogens is 1180 g/mol. The number of halogens is 3. The number of carbonyl (C=O) groups is 4. The van der Waals surface area contributed by atoms with Crippen molar-refractivity contribution in [3.63, 3.8) is 0 Å². The van der Waals surface area contributed by atoms with Crippen molar-refractivity contribution in [1.82, 2.24) is 39.9 Å². The summed E-state index contributed by atoms with van der Waals surface area (Å²) < 4.78 is 52.2. The first-order chi connectivity index (χ1) is 42.7. The van der Waals surface area contributed by atoms with E-state index in [9.17, 15) is 19.2 Å². The second-order valence-electron chi connectivity index (χ2n) is 28.3.